The van der Waals surface area contributed by atoms with Gasteiger partial charge in [-0.1, -0.05) is 51.8 Å². The minimum Gasteiger partial charge on any atom is -0.271 e. The lowest BCUT2D eigenvalue weighted by Gasteiger charge is -2.17. The van der Waals surface area contributed by atoms with Crippen LogP contribution < -0.4 is 11.3 Å². The molecule has 2 aromatic carbocycles. The maximum atomic E-state index is 6.01. The van der Waals surface area contributed by atoms with Crippen molar-refractivity contribution in [2.45, 2.75) is 19.4 Å². The van der Waals surface area contributed by atoms with Crippen LogP contribution in [0.25, 0.3) is 0 Å². The Morgan fingerprint density at radius 3 is 2.68 bits per heavy atom. The molecule has 0 aromatic heterocycles. The Balaban J connectivity index is 2.22. The molecule has 100 valence electrons. The lowest BCUT2D eigenvalue weighted by molar-refractivity contribution is 0.551. The Morgan fingerprint density at radius 2 is 2.05 bits per heavy atom. The molecule has 0 bridgehead atoms. The van der Waals surface area contributed by atoms with Crippen molar-refractivity contribution in [3.63, 3.8) is 0 Å². The number of nitrogens with two attached hydrogens (primary N) is 1. The van der Waals surface area contributed by atoms with Crippen molar-refractivity contribution in [1.82, 2.24) is 5.43 Å². The van der Waals surface area contributed by atoms with Gasteiger partial charge < -0.3 is 0 Å². The fourth-order valence-electron chi connectivity index (χ4n) is 2.06. The Bertz CT molecular complexity index is 572. The Kier molecular flexibility index (Phi) is 4.99. The van der Waals surface area contributed by atoms with Crippen LogP contribution in [-0.4, -0.2) is 0 Å². The van der Waals surface area contributed by atoms with Crippen LogP contribution in [0.4, 0.5) is 0 Å². The van der Waals surface area contributed by atoms with Crippen LogP contribution in [0.15, 0.2) is 46.9 Å². The zero-order valence-corrected chi connectivity index (χ0v) is 13.0. The van der Waals surface area contributed by atoms with E-state index in [-0.39, 0.29) is 6.04 Å². The van der Waals surface area contributed by atoms with Gasteiger partial charge in [-0.05, 0) is 48.2 Å². The van der Waals surface area contributed by atoms with Crippen molar-refractivity contribution in [2.24, 2.45) is 5.84 Å². The molecule has 1 atom stereocenters. The zero-order valence-electron chi connectivity index (χ0n) is 10.7. The molecule has 2 rings (SSSR count). The number of halogens is 2. The second-order valence-electron chi connectivity index (χ2n) is 4.56. The molecule has 0 heterocycles. The number of hydrogen-bond acceptors (Lipinski definition) is 2. The quantitative estimate of drug-likeness (QED) is 0.648. The van der Waals surface area contributed by atoms with Crippen LogP contribution in [0.3, 0.4) is 0 Å². The SMILES string of the molecule is Cc1cc(C(Cc2cccc(Cl)c2)NN)ccc1Br. The van der Waals surface area contributed by atoms with Gasteiger partial charge in [-0.2, -0.15) is 0 Å². The van der Waals surface area contributed by atoms with Crippen molar-refractivity contribution in [1.29, 1.82) is 0 Å². The number of benzene rings is 2. The number of hydrazine groups is 1. The predicted molar refractivity (Wildman–Crippen MR) is 84.1 cm³/mol. The van der Waals surface area contributed by atoms with E-state index in [0.717, 1.165) is 21.5 Å². The van der Waals surface area contributed by atoms with E-state index in [1.165, 1.54) is 11.1 Å². The first-order valence-electron chi connectivity index (χ1n) is 6.07. The largest absolute Gasteiger partial charge is 0.271 e. The van der Waals surface area contributed by atoms with Gasteiger partial charge in [0.05, 0.1) is 0 Å². The summed E-state index contributed by atoms with van der Waals surface area (Å²) in [7, 11) is 0. The average molecular weight is 340 g/mol. The van der Waals surface area contributed by atoms with Gasteiger partial charge in [0.1, 0.15) is 0 Å². The second kappa shape index (κ2) is 6.53. The first kappa shape index (κ1) is 14.5. The molecule has 0 fully saturated rings. The summed E-state index contributed by atoms with van der Waals surface area (Å²) < 4.78 is 1.11. The molecule has 19 heavy (non-hydrogen) atoms. The van der Waals surface area contributed by atoms with Crippen LogP contribution in [0, 0.1) is 6.92 Å². The summed E-state index contributed by atoms with van der Waals surface area (Å²) >= 11 is 9.51. The molecule has 0 radical (unpaired) electrons. The summed E-state index contributed by atoms with van der Waals surface area (Å²) in [6, 6.07) is 14.2. The molecule has 0 aliphatic carbocycles. The highest BCUT2D eigenvalue weighted by molar-refractivity contribution is 9.10. The van der Waals surface area contributed by atoms with Crippen LogP contribution in [0.1, 0.15) is 22.7 Å². The molecule has 0 amide bonds. The third kappa shape index (κ3) is 3.80. The summed E-state index contributed by atoms with van der Waals surface area (Å²) in [6.07, 6.45) is 0.804. The Labute approximate surface area is 127 Å². The van der Waals surface area contributed by atoms with Gasteiger partial charge in [0.2, 0.25) is 0 Å². The van der Waals surface area contributed by atoms with E-state index in [1.54, 1.807) is 0 Å². The van der Waals surface area contributed by atoms with E-state index in [1.807, 2.05) is 24.3 Å². The van der Waals surface area contributed by atoms with Crippen LogP contribution >= 0.6 is 27.5 Å². The third-order valence-electron chi connectivity index (χ3n) is 3.11. The fraction of sp³-hybridized carbons (Fsp3) is 0.200. The number of rotatable bonds is 4. The number of hydrogen-bond donors (Lipinski definition) is 2. The maximum absolute atomic E-state index is 6.01. The van der Waals surface area contributed by atoms with Crippen molar-refractivity contribution < 1.29 is 0 Å². The standard InChI is InChI=1S/C15H16BrClN2/c1-10-7-12(5-6-14(10)16)15(19-18)9-11-3-2-4-13(17)8-11/h2-8,15,19H,9,18H2,1H3. The molecule has 2 nitrogen and oxygen atoms in total. The van der Waals surface area contributed by atoms with E-state index >= 15 is 0 Å². The maximum Gasteiger partial charge on any atom is 0.0500 e. The molecule has 0 saturated carbocycles. The highest BCUT2D eigenvalue weighted by atomic mass is 79.9. The van der Waals surface area contributed by atoms with Crippen LogP contribution in [0.5, 0.6) is 0 Å². The predicted octanol–water partition coefficient (Wildman–Crippen LogP) is 4.16. The first-order valence-corrected chi connectivity index (χ1v) is 7.24. The van der Waals surface area contributed by atoms with Crippen molar-refractivity contribution >= 4 is 27.5 Å². The van der Waals surface area contributed by atoms with E-state index in [0.29, 0.717) is 0 Å². The highest BCUT2D eigenvalue weighted by Gasteiger charge is 2.11. The summed E-state index contributed by atoms with van der Waals surface area (Å²) in [5.74, 6) is 5.68. The molecule has 4 heteroatoms. The summed E-state index contributed by atoms with van der Waals surface area (Å²) in [6.45, 7) is 2.07. The normalized spacial score (nSPS) is 12.4. The number of aryl methyl sites for hydroxylation is 1. The van der Waals surface area contributed by atoms with E-state index in [4.69, 9.17) is 17.4 Å². The molecule has 1 unspecified atom stereocenters. The van der Waals surface area contributed by atoms with Gasteiger partial charge >= 0.3 is 0 Å². The summed E-state index contributed by atoms with van der Waals surface area (Å²) in [5.41, 5.74) is 6.41. The van der Waals surface area contributed by atoms with Crippen LogP contribution in [0.2, 0.25) is 5.02 Å². The van der Waals surface area contributed by atoms with Crippen molar-refractivity contribution in [3.8, 4) is 0 Å². The van der Waals surface area contributed by atoms with Gasteiger partial charge in [0, 0.05) is 15.5 Å². The van der Waals surface area contributed by atoms with Crippen LogP contribution in [-0.2, 0) is 6.42 Å². The summed E-state index contributed by atoms with van der Waals surface area (Å²) in [5, 5.41) is 0.750. The number of nitrogens with one attached hydrogen (secondary N) is 1. The molecule has 0 aliphatic rings. The molecule has 0 saturated heterocycles. The molecule has 0 spiro atoms. The van der Waals surface area contributed by atoms with E-state index in [9.17, 15) is 0 Å². The average Bonchev–Trinajstić information content (AvgIpc) is 2.39. The lowest BCUT2D eigenvalue weighted by Crippen LogP contribution is -2.29. The molecule has 3 N–H and O–H groups in total. The fourth-order valence-corrected chi connectivity index (χ4v) is 2.52. The minimum absolute atomic E-state index is 0.0743. The monoisotopic (exact) mass is 338 g/mol. The molecule has 2 aromatic rings. The first-order chi connectivity index (χ1) is 9.10. The van der Waals surface area contributed by atoms with Gasteiger partial charge in [-0.3, -0.25) is 11.3 Å². The van der Waals surface area contributed by atoms with Gasteiger partial charge in [-0.15, -0.1) is 0 Å². The van der Waals surface area contributed by atoms with E-state index in [2.05, 4.69) is 46.5 Å². The molecular formula is C15H16BrClN2. The lowest BCUT2D eigenvalue weighted by atomic mass is 9.98. The Morgan fingerprint density at radius 1 is 1.26 bits per heavy atom. The van der Waals surface area contributed by atoms with Gasteiger partial charge in [-0.25, -0.2) is 0 Å². The van der Waals surface area contributed by atoms with Gasteiger partial charge in [0.25, 0.3) is 0 Å². The highest BCUT2D eigenvalue weighted by Crippen LogP contribution is 2.24. The van der Waals surface area contributed by atoms with E-state index < -0.39 is 0 Å². The molecular weight excluding hydrogens is 324 g/mol. The van der Waals surface area contributed by atoms with Gasteiger partial charge in [0.15, 0.2) is 0 Å². The summed E-state index contributed by atoms with van der Waals surface area (Å²) in [4.78, 5) is 0. The Hall–Kier alpha value is -0.870. The smallest absolute Gasteiger partial charge is 0.0500 e. The minimum atomic E-state index is 0.0743. The second-order valence-corrected chi connectivity index (χ2v) is 5.85. The van der Waals surface area contributed by atoms with Crippen molar-refractivity contribution in [3.05, 3.63) is 68.7 Å². The zero-order chi connectivity index (χ0) is 13.8. The molecule has 0 aliphatic heterocycles. The topological polar surface area (TPSA) is 38.0 Å². The van der Waals surface area contributed by atoms with Crippen molar-refractivity contribution in [2.75, 3.05) is 0 Å². The third-order valence-corrected chi connectivity index (χ3v) is 4.24.